The lowest BCUT2D eigenvalue weighted by Crippen LogP contribution is -2.38. The van der Waals surface area contributed by atoms with Crippen LogP contribution in [0.4, 0.5) is 23.4 Å². The van der Waals surface area contributed by atoms with Gasteiger partial charge in [0.25, 0.3) is 0 Å². The van der Waals surface area contributed by atoms with Crippen molar-refractivity contribution in [1.82, 2.24) is 9.97 Å². The number of aliphatic hydroxyl groups excluding tert-OH is 1. The fraction of sp³-hybridized carbons (Fsp3) is 0.292. The number of carbonyl (C=O) groups is 1. The molecule has 2 heterocycles. The molecule has 9 nitrogen and oxygen atoms in total. The molecule has 0 bridgehead atoms. The molecular weight excluding hydrogens is 532 g/mol. The second kappa shape index (κ2) is 11.6. The van der Waals surface area contributed by atoms with Crippen LogP contribution in [-0.4, -0.2) is 46.3 Å². The van der Waals surface area contributed by atoms with E-state index in [1.54, 1.807) is 31.2 Å². The second-order valence-electron chi connectivity index (χ2n) is 8.18. The van der Waals surface area contributed by atoms with Gasteiger partial charge in [0, 0.05) is 23.4 Å². The van der Waals surface area contributed by atoms with Gasteiger partial charge in [-0.05, 0) is 48.9 Å². The number of carbonyl (C=O) groups excluding carboxylic acids is 1. The van der Waals surface area contributed by atoms with Crippen LogP contribution in [0.15, 0.2) is 53.4 Å². The van der Waals surface area contributed by atoms with Crippen LogP contribution in [0.2, 0.25) is 0 Å². The van der Waals surface area contributed by atoms with E-state index < -0.39 is 35.9 Å². The Morgan fingerprint density at radius 2 is 1.92 bits per heavy atom. The molecule has 14 heteroatoms. The summed E-state index contributed by atoms with van der Waals surface area (Å²) in [5.41, 5.74) is 0.471. The monoisotopic (exact) mass is 554 g/mol. The third kappa shape index (κ3) is 6.05. The third-order valence-corrected chi connectivity index (χ3v) is 6.26. The molecule has 0 amide bonds. The minimum atomic E-state index is -4.95. The maximum absolute atomic E-state index is 14.0. The molecule has 3 N–H and O–H groups in total. The van der Waals surface area contributed by atoms with Crippen molar-refractivity contribution in [3.63, 3.8) is 0 Å². The molecule has 2 aromatic carbocycles. The van der Waals surface area contributed by atoms with Gasteiger partial charge in [-0.25, -0.2) is 19.2 Å². The average molecular weight is 555 g/mol. The molecule has 202 valence electrons. The topological polar surface area (TPSA) is 120 Å². The van der Waals surface area contributed by atoms with Crippen LogP contribution in [0.25, 0.3) is 22.4 Å². The van der Waals surface area contributed by atoms with E-state index in [0.29, 0.717) is 10.5 Å². The Kier molecular flexibility index (Phi) is 8.47. The van der Waals surface area contributed by atoms with Gasteiger partial charge >= 0.3 is 12.1 Å². The summed E-state index contributed by atoms with van der Waals surface area (Å²) in [5, 5.41) is 10.4. The van der Waals surface area contributed by atoms with E-state index in [1.807, 2.05) is 0 Å². The summed E-state index contributed by atoms with van der Waals surface area (Å²) in [4.78, 5) is 26.3. The summed E-state index contributed by atoms with van der Waals surface area (Å²) in [7, 11) is 0. The van der Waals surface area contributed by atoms with Gasteiger partial charge < -0.3 is 14.7 Å². The summed E-state index contributed by atoms with van der Waals surface area (Å²) in [6.07, 6.45) is -6.07. The van der Waals surface area contributed by atoms with Gasteiger partial charge in [0.2, 0.25) is 5.82 Å². The predicted molar refractivity (Wildman–Crippen MR) is 128 cm³/mol. The number of aromatic nitrogens is 2. The molecule has 38 heavy (non-hydrogen) atoms. The third-order valence-electron chi connectivity index (χ3n) is 5.66. The zero-order valence-electron chi connectivity index (χ0n) is 19.8. The standard InChI is InChI=1S/C24H22F4N4O5S/c1-2-35-22(34)18-11-16(33)12-32(18)21-19(14-4-3-5-17(10-14)38-37-36-29)20(13-6-8-15(25)9-7-13)30-23(31-21)24(26,27)28/h3-10,16,18,33H,2,11-12,29H2,1H3/t16-,18-/m1/s1. The normalized spacial score (nSPS) is 17.6. The van der Waals surface area contributed by atoms with Gasteiger partial charge in [0.1, 0.15) is 17.7 Å². The van der Waals surface area contributed by atoms with Crippen molar-refractivity contribution in [3.8, 4) is 22.4 Å². The number of hydrogen-bond acceptors (Lipinski definition) is 10. The summed E-state index contributed by atoms with van der Waals surface area (Å²) >= 11 is 0.745. The minimum Gasteiger partial charge on any atom is -0.464 e. The zero-order valence-corrected chi connectivity index (χ0v) is 20.6. The van der Waals surface area contributed by atoms with E-state index in [4.69, 9.17) is 10.6 Å². The number of benzene rings is 2. The highest BCUT2D eigenvalue weighted by Crippen LogP contribution is 2.43. The molecule has 1 fully saturated rings. The number of β-amino-alcohol motifs (C(OH)–C–C–N with tert-alkyl or cyclic N) is 1. The number of hydrogen-bond donors (Lipinski definition) is 2. The van der Waals surface area contributed by atoms with Crippen molar-refractivity contribution >= 4 is 23.8 Å². The van der Waals surface area contributed by atoms with E-state index in [-0.39, 0.29) is 42.2 Å². The van der Waals surface area contributed by atoms with Crippen LogP contribution in [-0.2, 0) is 25.0 Å². The molecule has 0 spiro atoms. The molecule has 1 aliphatic rings. The van der Waals surface area contributed by atoms with Crippen molar-refractivity contribution in [2.75, 3.05) is 18.1 Å². The molecule has 4 rings (SSSR count). The van der Waals surface area contributed by atoms with Crippen LogP contribution < -0.4 is 10.8 Å². The van der Waals surface area contributed by atoms with Crippen molar-refractivity contribution in [2.24, 2.45) is 5.90 Å². The molecule has 3 aromatic rings. The number of alkyl halides is 3. The molecular formula is C24H22F4N4O5S. The zero-order chi connectivity index (χ0) is 27.4. The first-order chi connectivity index (χ1) is 18.1. The van der Waals surface area contributed by atoms with Gasteiger partial charge in [0.15, 0.2) is 0 Å². The Morgan fingerprint density at radius 1 is 1.18 bits per heavy atom. The van der Waals surface area contributed by atoms with Crippen molar-refractivity contribution < 1.29 is 41.5 Å². The summed E-state index contributed by atoms with van der Waals surface area (Å²) in [6.45, 7) is 1.44. The lowest BCUT2D eigenvalue weighted by Gasteiger charge is -2.28. The Morgan fingerprint density at radius 3 is 2.58 bits per heavy atom. The van der Waals surface area contributed by atoms with E-state index >= 15 is 0 Å². The first-order valence-electron chi connectivity index (χ1n) is 11.3. The number of halogens is 4. The van der Waals surface area contributed by atoms with Crippen LogP contribution in [0.3, 0.4) is 0 Å². The van der Waals surface area contributed by atoms with Gasteiger partial charge in [-0.1, -0.05) is 12.1 Å². The Hall–Kier alpha value is -3.30. The summed E-state index contributed by atoms with van der Waals surface area (Å²) in [5.74, 6) is 1.88. The number of aliphatic hydroxyl groups is 1. The van der Waals surface area contributed by atoms with Crippen molar-refractivity contribution in [3.05, 3.63) is 60.2 Å². The Balaban J connectivity index is 2.02. The predicted octanol–water partition coefficient (Wildman–Crippen LogP) is 4.30. The lowest BCUT2D eigenvalue weighted by molar-refractivity contribution is -0.195. The molecule has 0 radical (unpaired) electrons. The van der Waals surface area contributed by atoms with Gasteiger partial charge in [-0.15, -0.1) is 9.32 Å². The summed E-state index contributed by atoms with van der Waals surface area (Å²) in [6, 6.07) is 10.1. The smallest absolute Gasteiger partial charge is 0.451 e. The van der Waals surface area contributed by atoms with Crippen LogP contribution >= 0.6 is 12.0 Å². The molecule has 1 saturated heterocycles. The van der Waals surface area contributed by atoms with Crippen LogP contribution in [0, 0.1) is 5.82 Å². The number of nitrogens with zero attached hydrogens (tertiary/aromatic N) is 3. The largest absolute Gasteiger partial charge is 0.464 e. The average Bonchev–Trinajstić information content (AvgIpc) is 3.28. The van der Waals surface area contributed by atoms with E-state index in [2.05, 4.69) is 19.3 Å². The lowest BCUT2D eigenvalue weighted by atomic mass is 9.98. The maximum Gasteiger partial charge on any atom is 0.451 e. The Bertz CT molecular complexity index is 1300. The SMILES string of the molecule is CCOC(=O)[C@H]1C[C@@H](O)CN1c1nc(C(F)(F)F)nc(-c2ccc(F)cc2)c1-c1cccc(SOON)c1. The number of anilines is 1. The Labute approximate surface area is 218 Å². The van der Waals surface area contributed by atoms with Gasteiger partial charge in [-0.3, -0.25) is 0 Å². The fourth-order valence-electron chi connectivity index (χ4n) is 4.14. The maximum atomic E-state index is 14.0. The molecule has 0 saturated carbocycles. The van der Waals surface area contributed by atoms with Crippen molar-refractivity contribution in [1.29, 1.82) is 0 Å². The molecule has 1 aromatic heterocycles. The van der Waals surface area contributed by atoms with E-state index in [0.717, 1.165) is 24.2 Å². The van der Waals surface area contributed by atoms with Crippen LogP contribution in [0.1, 0.15) is 19.2 Å². The highest BCUT2D eigenvalue weighted by Gasteiger charge is 2.42. The molecule has 1 aliphatic heterocycles. The molecule has 0 unspecified atom stereocenters. The quantitative estimate of drug-likeness (QED) is 0.137. The first kappa shape index (κ1) is 27.7. The molecule has 0 aliphatic carbocycles. The van der Waals surface area contributed by atoms with Crippen molar-refractivity contribution in [2.45, 2.75) is 36.6 Å². The van der Waals surface area contributed by atoms with E-state index in [9.17, 15) is 27.5 Å². The number of ether oxygens (including phenoxy) is 1. The number of esters is 1. The van der Waals surface area contributed by atoms with Crippen LogP contribution in [0.5, 0.6) is 0 Å². The highest BCUT2D eigenvalue weighted by molar-refractivity contribution is 7.94. The summed E-state index contributed by atoms with van der Waals surface area (Å²) < 4.78 is 65.6. The molecule has 2 atom stereocenters. The number of nitrogens with two attached hydrogens (primary N) is 1. The highest BCUT2D eigenvalue weighted by atomic mass is 32.2. The minimum absolute atomic E-state index is 0.0347. The van der Waals surface area contributed by atoms with Gasteiger partial charge in [-0.2, -0.15) is 19.1 Å². The van der Waals surface area contributed by atoms with E-state index in [1.165, 1.54) is 17.0 Å². The fourth-order valence-corrected chi connectivity index (χ4v) is 4.57. The number of rotatable bonds is 8. The first-order valence-corrected chi connectivity index (χ1v) is 12.0. The second-order valence-corrected chi connectivity index (χ2v) is 8.96. The van der Waals surface area contributed by atoms with Gasteiger partial charge in [0.05, 0.1) is 36.0 Å².